The Bertz CT molecular complexity index is 2630. The number of fused-ring (bicyclic) bond motifs is 5. The molecule has 6 heterocycles. The van der Waals surface area contributed by atoms with E-state index in [4.69, 9.17) is 53.5 Å². The Hall–Kier alpha value is -6.61. The molecule has 0 atom stereocenters. The maximum absolute atomic E-state index is 11.4. The Morgan fingerprint density at radius 1 is 0.605 bits per heavy atom. The first kappa shape index (κ1) is 65.5. The van der Waals surface area contributed by atoms with Crippen LogP contribution in [0.15, 0.2) is 91.0 Å². The number of ether oxygens (including phenoxy) is 7. The fraction of sp³-hybridized carbons (Fsp3) is 0.375. The molecular formula is C56H64BNNaO17. The summed E-state index contributed by atoms with van der Waals surface area (Å²) in [5, 5.41) is 26.7. The molecule has 0 aliphatic carbocycles. The first-order chi connectivity index (χ1) is 35.5. The fourth-order valence-electron chi connectivity index (χ4n) is 8.35. The van der Waals surface area contributed by atoms with Crippen molar-refractivity contribution in [1.29, 1.82) is 0 Å². The number of aliphatic hydroxyl groups is 1. The van der Waals surface area contributed by atoms with Gasteiger partial charge in [-0.15, -0.1) is 0 Å². The monoisotopic (exact) mass is 1060 g/mol. The molecule has 0 bridgehead atoms. The van der Waals surface area contributed by atoms with Crippen molar-refractivity contribution in [2.45, 2.75) is 77.2 Å². The van der Waals surface area contributed by atoms with E-state index < -0.39 is 10.9 Å². The number of ketones is 1. The molecule has 0 aromatic heterocycles. The Morgan fingerprint density at radius 2 is 1.00 bits per heavy atom. The van der Waals surface area contributed by atoms with Gasteiger partial charge in [0.2, 0.25) is 0 Å². The first-order valence-electron chi connectivity index (χ1n) is 24.2. The molecule has 0 unspecified atom stereocenters. The molecule has 11 rings (SSSR count). The maximum atomic E-state index is 11.4. The van der Waals surface area contributed by atoms with Crippen LogP contribution in [0, 0.1) is 10.1 Å². The van der Waals surface area contributed by atoms with Gasteiger partial charge in [-0.05, 0) is 118 Å². The molecule has 18 nitrogen and oxygen atoms in total. The van der Waals surface area contributed by atoms with Crippen LogP contribution in [0.1, 0.15) is 113 Å². The van der Waals surface area contributed by atoms with E-state index in [2.05, 4.69) is 0 Å². The number of carboxylic acid groups (broad SMARTS) is 1. The van der Waals surface area contributed by atoms with Gasteiger partial charge in [-0.25, -0.2) is 9.59 Å². The molecule has 399 valence electrons. The number of methoxy groups -OCH3 is 1. The Balaban J connectivity index is 0.000000309. The molecule has 5 aromatic carbocycles. The molecule has 0 saturated carbocycles. The third-order valence-electron chi connectivity index (χ3n) is 11.8. The average Bonchev–Trinajstić information content (AvgIpc) is 4.03. The van der Waals surface area contributed by atoms with E-state index in [1.807, 2.05) is 54.6 Å². The van der Waals surface area contributed by atoms with E-state index in [0.717, 1.165) is 155 Å². The summed E-state index contributed by atoms with van der Waals surface area (Å²) in [6.07, 6.45) is 12.1. The predicted octanol–water partition coefficient (Wildman–Crippen LogP) is 4.98. The second-order valence-electron chi connectivity index (χ2n) is 16.9. The van der Waals surface area contributed by atoms with Gasteiger partial charge < -0.3 is 48.8 Å². The van der Waals surface area contributed by atoms with Crippen LogP contribution in [0.25, 0.3) is 0 Å². The van der Waals surface area contributed by atoms with Gasteiger partial charge in [0.25, 0.3) is 0 Å². The van der Waals surface area contributed by atoms with Crippen molar-refractivity contribution in [2.75, 3.05) is 60.4 Å². The number of hydrogen-bond donors (Lipinski definition) is 2. The molecule has 5 aromatic rings. The van der Waals surface area contributed by atoms with Crippen LogP contribution in [0.2, 0.25) is 0 Å². The van der Waals surface area contributed by atoms with E-state index in [-0.39, 0.29) is 68.4 Å². The number of carbonyl (C=O) groups is 5. The number of hydrogen-bond acceptors (Lipinski definition) is 16. The van der Waals surface area contributed by atoms with Crippen molar-refractivity contribution in [3.05, 3.63) is 157 Å². The molecule has 0 spiro atoms. The summed E-state index contributed by atoms with van der Waals surface area (Å²) in [5.41, 5.74) is 8.11. The minimum Gasteiger partial charge on any atom is -0.870 e. The minimum absolute atomic E-state index is 0. The minimum atomic E-state index is -0.873. The number of nitrogens with zero attached hydrogens (tertiary/aromatic N) is 1. The standard InChI is InChI=1S/C11H12O3.C10H10O3.C10H8O3.C10H12O2.C10H10O2.C4H8O.CH3NO2.B.Na.H2O/c1-13-11(12)9-4-2-6-10-8(9)5-3-7-14-10;11-10(12)8-3-1-5-9-7(8)4-2-6-13-9;11-5-7-2-1-3-10-9(7)4-8(12)6-13-10;2*11-7-8-3-1-5-10-9(8)4-2-6-12-10;1-2-4-5-3-1;1-2(3)4;;;/h2,4,6H,3,5,7H2,1H3;1,3,5H,2,4,6H2,(H,11,12);1-3,5H,4,6H2;1,3,5,11H,2,4,6-7H2;1,3,5,7H,2,4,6H2;1-4H2;1H3;;;1H2/q;;;;;;;;+1;/p-1. The predicted molar refractivity (Wildman–Crippen MR) is 277 cm³/mol. The summed E-state index contributed by atoms with van der Waals surface area (Å²) in [7, 11) is 2.28. The Kier molecular flexibility index (Phi) is 30.7. The SMILES string of the molecule is C1CCOC1.COC(=O)c1cccc2c1CCCO2.C[N+](=O)[O-].O=C(O)c1cccc2c1CCCO2.O=Cc1cccc2c1CC(=O)CO2.O=Cc1cccc2c1CCCO2.OCc1cccc2c1CCCO2.[B].[Na+].[OH-]. The molecular weight excluding hydrogens is 992 g/mol. The summed E-state index contributed by atoms with van der Waals surface area (Å²) < 4.78 is 36.5. The maximum Gasteiger partial charge on any atom is 1.00 e. The Labute approximate surface area is 466 Å². The molecule has 20 heteroatoms. The fourth-order valence-corrected chi connectivity index (χ4v) is 8.35. The van der Waals surface area contributed by atoms with Gasteiger partial charge in [-0.3, -0.25) is 24.5 Å². The molecule has 6 aliphatic rings. The molecule has 1 fully saturated rings. The zero-order chi connectivity index (χ0) is 52.4. The molecule has 6 aliphatic heterocycles. The number of Topliss-reactive ketones (excluding diaryl/α,β-unsaturated/α-hetero) is 1. The topological polar surface area (TPSA) is 264 Å². The summed E-state index contributed by atoms with van der Waals surface area (Å²) in [6.45, 7) is 5.24. The third kappa shape index (κ3) is 20.2. The van der Waals surface area contributed by atoms with Crippen molar-refractivity contribution in [3.8, 4) is 28.7 Å². The van der Waals surface area contributed by atoms with Gasteiger partial charge in [0.15, 0.2) is 12.8 Å². The van der Waals surface area contributed by atoms with Gasteiger partial charge in [0.05, 0.1) is 51.3 Å². The van der Waals surface area contributed by atoms with Gasteiger partial charge in [-0.2, -0.15) is 0 Å². The normalized spacial score (nSPS) is 14.2. The molecule has 76 heavy (non-hydrogen) atoms. The second-order valence-corrected chi connectivity index (χ2v) is 16.9. The summed E-state index contributed by atoms with van der Waals surface area (Å²) in [4.78, 5) is 62.8. The van der Waals surface area contributed by atoms with Crippen molar-refractivity contribution >= 4 is 38.7 Å². The average molecular weight is 1060 g/mol. The number of aldehydes is 2. The molecule has 1 saturated heterocycles. The van der Waals surface area contributed by atoms with Crippen LogP contribution in [0.3, 0.4) is 0 Å². The molecule has 0 amide bonds. The second kappa shape index (κ2) is 35.6. The van der Waals surface area contributed by atoms with Gasteiger partial charge >= 0.3 is 41.5 Å². The van der Waals surface area contributed by atoms with Crippen molar-refractivity contribution in [1.82, 2.24) is 0 Å². The zero-order valence-electron chi connectivity index (χ0n) is 43.3. The van der Waals surface area contributed by atoms with E-state index >= 15 is 0 Å². The first-order valence-corrected chi connectivity index (χ1v) is 24.2. The smallest absolute Gasteiger partial charge is 0.870 e. The number of benzene rings is 5. The van der Waals surface area contributed by atoms with Crippen LogP contribution in [0.5, 0.6) is 28.7 Å². The van der Waals surface area contributed by atoms with E-state index in [1.54, 1.807) is 36.4 Å². The molecule has 3 N–H and O–H groups in total. The quantitative estimate of drug-likeness (QED) is 0.0773. The van der Waals surface area contributed by atoms with Gasteiger partial charge in [0, 0.05) is 66.4 Å². The third-order valence-corrected chi connectivity index (χ3v) is 11.8. The van der Waals surface area contributed by atoms with Crippen molar-refractivity contribution in [2.24, 2.45) is 0 Å². The van der Waals surface area contributed by atoms with E-state index in [1.165, 1.54) is 25.5 Å². The molecule has 3 radical (unpaired) electrons. The van der Waals surface area contributed by atoms with Crippen LogP contribution in [-0.4, -0.2) is 120 Å². The Morgan fingerprint density at radius 3 is 1.45 bits per heavy atom. The van der Waals surface area contributed by atoms with E-state index in [0.29, 0.717) is 41.0 Å². The number of carbonyl (C=O) groups excluding carboxylic acids is 4. The largest absolute Gasteiger partial charge is 1.00 e. The van der Waals surface area contributed by atoms with Crippen molar-refractivity contribution in [3.63, 3.8) is 0 Å². The number of aliphatic hydroxyl groups excluding tert-OH is 1. The zero-order valence-corrected chi connectivity index (χ0v) is 45.3. The summed E-state index contributed by atoms with van der Waals surface area (Å²) in [5.74, 6) is 2.89. The van der Waals surface area contributed by atoms with Gasteiger partial charge in [-0.1, -0.05) is 48.5 Å². The van der Waals surface area contributed by atoms with Crippen LogP contribution in [-0.2, 0) is 53.0 Å². The van der Waals surface area contributed by atoms with E-state index in [9.17, 15) is 24.0 Å². The number of esters is 1. The number of aromatic carboxylic acids is 1. The van der Waals surface area contributed by atoms with Crippen LogP contribution < -0.4 is 53.2 Å². The van der Waals surface area contributed by atoms with Crippen molar-refractivity contribution < 1.29 is 107 Å². The summed E-state index contributed by atoms with van der Waals surface area (Å²) in [6, 6.07) is 27.3. The number of carboxylic acids is 1. The van der Waals surface area contributed by atoms with Crippen LogP contribution >= 0.6 is 0 Å². The number of nitro groups is 1. The summed E-state index contributed by atoms with van der Waals surface area (Å²) >= 11 is 0. The van der Waals surface area contributed by atoms with Crippen LogP contribution in [0.4, 0.5) is 0 Å². The van der Waals surface area contributed by atoms with Gasteiger partial charge in [0.1, 0.15) is 47.9 Å². The number of rotatable bonds is 5.